The first-order valence-electron chi connectivity index (χ1n) is 6.12. The molecule has 1 atom stereocenters. The number of ether oxygens (including phenoxy) is 1. The molecule has 1 aromatic carbocycles. The minimum atomic E-state index is -0.184. The van der Waals surface area contributed by atoms with Crippen LogP contribution in [-0.4, -0.2) is 11.6 Å². The maximum absolute atomic E-state index is 6.34. The molecule has 2 N–H and O–H groups in total. The van der Waals surface area contributed by atoms with E-state index in [0.717, 1.165) is 22.4 Å². The van der Waals surface area contributed by atoms with E-state index in [1.165, 1.54) is 0 Å². The predicted octanol–water partition coefficient (Wildman–Crippen LogP) is 2.84. The zero-order valence-corrected chi connectivity index (χ0v) is 10.8. The normalized spacial score (nSPS) is 12.2. The van der Waals surface area contributed by atoms with Crippen molar-refractivity contribution in [3.8, 4) is 5.75 Å². The van der Waals surface area contributed by atoms with Gasteiger partial charge in [0.2, 0.25) is 0 Å². The highest BCUT2D eigenvalue weighted by atomic mass is 16.5. The molecule has 0 aliphatic rings. The number of para-hydroxylation sites is 1. The molecular weight excluding hydrogens is 224 g/mol. The molecule has 0 radical (unpaired) electrons. The Balaban J connectivity index is 2.40. The van der Waals surface area contributed by atoms with Crippen molar-refractivity contribution in [1.82, 2.24) is 4.98 Å². The molecule has 1 aromatic heterocycles. The Morgan fingerprint density at radius 3 is 2.72 bits per heavy atom. The third kappa shape index (κ3) is 2.51. The van der Waals surface area contributed by atoms with Gasteiger partial charge in [0, 0.05) is 18.0 Å². The van der Waals surface area contributed by atoms with E-state index in [1.54, 1.807) is 6.20 Å². The SMILES string of the molecule is CCOc1ccccc1C(N)c1ccncc1C. The van der Waals surface area contributed by atoms with Gasteiger partial charge in [-0.2, -0.15) is 0 Å². The van der Waals surface area contributed by atoms with E-state index in [-0.39, 0.29) is 6.04 Å². The van der Waals surface area contributed by atoms with Crippen LogP contribution >= 0.6 is 0 Å². The van der Waals surface area contributed by atoms with Crippen LogP contribution < -0.4 is 10.5 Å². The lowest BCUT2D eigenvalue weighted by Crippen LogP contribution is -2.14. The summed E-state index contributed by atoms with van der Waals surface area (Å²) >= 11 is 0. The number of nitrogens with zero attached hydrogens (tertiary/aromatic N) is 1. The number of benzene rings is 1. The lowest BCUT2D eigenvalue weighted by molar-refractivity contribution is 0.335. The monoisotopic (exact) mass is 242 g/mol. The molecular formula is C15H18N2O. The van der Waals surface area contributed by atoms with Crippen molar-refractivity contribution >= 4 is 0 Å². The highest BCUT2D eigenvalue weighted by Gasteiger charge is 2.15. The zero-order chi connectivity index (χ0) is 13.0. The zero-order valence-electron chi connectivity index (χ0n) is 10.8. The van der Waals surface area contributed by atoms with Crippen LogP contribution in [0.1, 0.15) is 29.7 Å². The molecule has 0 amide bonds. The third-order valence-corrected chi connectivity index (χ3v) is 2.95. The van der Waals surface area contributed by atoms with E-state index in [2.05, 4.69) is 4.98 Å². The Hall–Kier alpha value is -1.87. The van der Waals surface area contributed by atoms with E-state index < -0.39 is 0 Å². The summed E-state index contributed by atoms with van der Waals surface area (Å²) in [5.41, 5.74) is 9.52. The van der Waals surface area contributed by atoms with Gasteiger partial charge in [0.15, 0.2) is 0 Å². The smallest absolute Gasteiger partial charge is 0.124 e. The molecule has 0 fully saturated rings. The number of hydrogen-bond acceptors (Lipinski definition) is 3. The molecule has 0 aliphatic heterocycles. The van der Waals surface area contributed by atoms with Crippen molar-refractivity contribution in [2.45, 2.75) is 19.9 Å². The molecule has 3 nitrogen and oxygen atoms in total. The summed E-state index contributed by atoms with van der Waals surface area (Å²) < 4.78 is 5.62. The van der Waals surface area contributed by atoms with Gasteiger partial charge in [-0.15, -0.1) is 0 Å². The van der Waals surface area contributed by atoms with Crippen molar-refractivity contribution in [1.29, 1.82) is 0 Å². The first-order chi connectivity index (χ1) is 8.74. The molecule has 3 heteroatoms. The van der Waals surface area contributed by atoms with Gasteiger partial charge in [0.25, 0.3) is 0 Å². The molecule has 0 spiro atoms. The van der Waals surface area contributed by atoms with Crippen LogP contribution in [0.2, 0.25) is 0 Å². The Kier molecular flexibility index (Phi) is 3.95. The number of aryl methyl sites for hydroxylation is 1. The first kappa shape index (κ1) is 12.6. The van der Waals surface area contributed by atoms with Crippen LogP contribution in [0.4, 0.5) is 0 Å². The average molecular weight is 242 g/mol. The fraction of sp³-hybridized carbons (Fsp3) is 0.267. The quantitative estimate of drug-likeness (QED) is 0.896. The second-order valence-electron chi connectivity index (χ2n) is 4.18. The van der Waals surface area contributed by atoms with Gasteiger partial charge in [0.05, 0.1) is 12.6 Å². The van der Waals surface area contributed by atoms with E-state index in [1.807, 2.05) is 50.4 Å². The van der Waals surface area contributed by atoms with Crippen LogP contribution in [0.5, 0.6) is 5.75 Å². The van der Waals surface area contributed by atoms with Crippen molar-refractivity contribution < 1.29 is 4.74 Å². The predicted molar refractivity (Wildman–Crippen MR) is 72.6 cm³/mol. The largest absolute Gasteiger partial charge is 0.494 e. The van der Waals surface area contributed by atoms with Crippen LogP contribution in [0.3, 0.4) is 0 Å². The van der Waals surface area contributed by atoms with Crippen molar-refractivity contribution in [3.63, 3.8) is 0 Å². The minimum absolute atomic E-state index is 0.184. The van der Waals surface area contributed by atoms with Crippen molar-refractivity contribution in [2.24, 2.45) is 5.73 Å². The average Bonchev–Trinajstić information content (AvgIpc) is 2.40. The first-order valence-corrected chi connectivity index (χ1v) is 6.12. The van der Waals surface area contributed by atoms with E-state index in [4.69, 9.17) is 10.5 Å². The lowest BCUT2D eigenvalue weighted by atomic mass is 9.96. The van der Waals surface area contributed by atoms with Gasteiger partial charge in [-0.25, -0.2) is 0 Å². The number of nitrogens with two attached hydrogens (primary N) is 1. The third-order valence-electron chi connectivity index (χ3n) is 2.95. The van der Waals surface area contributed by atoms with E-state index >= 15 is 0 Å². The standard InChI is InChI=1S/C15H18N2O/c1-3-18-14-7-5-4-6-13(14)15(16)12-8-9-17-10-11(12)2/h4-10,15H,3,16H2,1-2H3. The van der Waals surface area contributed by atoms with Crippen LogP contribution in [0.25, 0.3) is 0 Å². The maximum atomic E-state index is 6.34. The molecule has 2 rings (SSSR count). The lowest BCUT2D eigenvalue weighted by Gasteiger charge is -2.18. The molecule has 94 valence electrons. The van der Waals surface area contributed by atoms with Gasteiger partial charge in [-0.3, -0.25) is 4.98 Å². The fourth-order valence-electron chi connectivity index (χ4n) is 2.03. The Morgan fingerprint density at radius 1 is 1.22 bits per heavy atom. The summed E-state index contributed by atoms with van der Waals surface area (Å²) in [6.07, 6.45) is 3.60. The molecule has 0 bridgehead atoms. The van der Waals surface area contributed by atoms with Gasteiger partial charge < -0.3 is 10.5 Å². The molecule has 0 aliphatic carbocycles. The molecule has 0 saturated heterocycles. The molecule has 1 unspecified atom stereocenters. The Labute approximate surface area is 108 Å². The van der Waals surface area contributed by atoms with Gasteiger partial charge in [-0.05, 0) is 37.1 Å². The molecule has 2 aromatic rings. The number of hydrogen-bond donors (Lipinski definition) is 1. The summed E-state index contributed by atoms with van der Waals surface area (Å²) in [6, 6.07) is 9.68. The van der Waals surface area contributed by atoms with Gasteiger partial charge >= 0.3 is 0 Å². The molecule has 1 heterocycles. The van der Waals surface area contributed by atoms with E-state index in [0.29, 0.717) is 6.61 Å². The van der Waals surface area contributed by atoms with Crippen LogP contribution in [0.15, 0.2) is 42.7 Å². The summed E-state index contributed by atoms with van der Waals surface area (Å²) in [5.74, 6) is 0.851. The number of aromatic nitrogens is 1. The van der Waals surface area contributed by atoms with Crippen molar-refractivity contribution in [2.75, 3.05) is 6.61 Å². The summed E-state index contributed by atoms with van der Waals surface area (Å²) in [4.78, 5) is 4.09. The molecule has 18 heavy (non-hydrogen) atoms. The molecule has 0 saturated carbocycles. The maximum Gasteiger partial charge on any atom is 0.124 e. The second kappa shape index (κ2) is 5.65. The Bertz CT molecular complexity index is 525. The minimum Gasteiger partial charge on any atom is -0.494 e. The second-order valence-corrected chi connectivity index (χ2v) is 4.18. The Morgan fingerprint density at radius 2 is 2.00 bits per heavy atom. The highest BCUT2D eigenvalue weighted by molar-refractivity contribution is 5.42. The highest BCUT2D eigenvalue weighted by Crippen LogP contribution is 2.29. The number of rotatable bonds is 4. The van der Waals surface area contributed by atoms with Gasteiger partial charge in [-0.1, -0.05) is 18.2 Å². The fourth-order valence-corrected chi connectivity index (χ4v) is 2.03. The van der Waals surface area contributed by atoms with E-state index in [9.17, 15) is 0 Å². The van der Waals surface area contributed by atoms with Crippen LogP contribution in [-0.2, 0) is 0 Å². The van der Waals surface area contributed by atoms with Crippen LogP contribution in [0, 0.1) is 6.92 Å². The summed E-state index contributed by atoms with van der Waals surface area (Å²) in [7, 11) is 0. The van der Waals surface area contributed by atoms with Crippen molar-refractivity contribution in [3.05, 3.63) is 59.4 Å². The topological polar surface area (TPSA) is 48.1 Å². The summed E-state index contributed by atoms with van der Waals surface area (Å²) in [5, 5.41) is 0. The number of pyridine rings is 1. The summed E-state index contributed by atoms with van der Waals surface area (Å²) in [6.45, 7) is 4.63. The van der Waals surface area contributed by atoms with Gasteiger partial charge in [0.1, 0.15) is 5.75 Å².